The van der Waals surface area contributed by atoms with Crippen LogP contribution in [0.1, 0.15) is 12.0 Å². The molecule has 4 aromatic rings. The SMILES string of the molecule is Cc1ccccc1S(=O)(=O)Nc1ccc(NC(=O)CCn2c(=O)[nH]c(=O)c3ccccc32)cc1. The van der Waals surface area contributed by atoms with E-state index in [4.69, 9.17) is 0 Å². The number of nitrogens with zero attached hydrogens (tertiary/aromatic N) is 1. The lowest BCUT2D eigenvalue weighted by Gasteiger charge is -2.12. The molecule has 3 N–H and O–H groups in total. The minimum atomic E-state index is -3.74. The predicted octanol–water partition coefficient (Wildman–Crippen LogP) is 2.83. The maximum Gasteiger partial charge on any atom is 0.328 e. The molecule has 0 atom stereocenters. The number of sulfonamides is 1. The summed E-state index contributed by atoms with van der Waals surface area (Å²) in [6.07, 6.45) is -0.00237. The van der Waals surface area contributed by atoms with Crippen LogP contribution in [0.2, 0.25) is 0 Å². The van der Waals surface area contributed by atoms with Crippen LogP contribution in [0.3, 0.4) is 0 Å². The molecule has 0 aliphatic carbocycles. The number of hydrogen-bond donors (Lipinski definition) is 3. The van der Waals surface area contributed by atoms with Gasteiger partial charge >= 0.3 is 5.69 Å². The average molecular weight is 479 g/mol. The lowest BCUT2D eigenvalue weighted by Crippen LogP contribution is -2.31. The van der Waals surface area contributed by atoms with Crippen LogP contribution in [0, 0.1) is 6.92 Å². The Morgan fingerprint density at radius 2 is 1.56 bits per heavy atom. The molecule has 0 bridgehead atoms. The quantitative estimate of drug-likeness (QED) is 0.376. The van der Waals surface area contributed by atoms with E-state index in [-0.39, 0.29) is 23.8 Å². The Hall–Kier alpha value is -4.18. The topological polar surface area (TPSA) is 130 Å². The van der Waals surface area contributed by atoms with Crippen molar-refractivity contribution in [3.63, 3.8) is 0 Å². The zero-order chi connectivity index (χ0) is 24.3. The largest absolute Gasteiger partial charge is 0.328 e. The smallest absolute Gasteiger partial charge is 0.326 e. The standard InChI is InChI=1S/C24H22N4O5S/c1-16-6-2-5-9-21(16)34(32,33)27-18-12-10-17(11-13-18)25-22(29)14-15-28-20-8-4-3-7-19(20)23(30)26-24(28)31/h2-13,27H,14-15H2,1H3,(H,25,29)(H,26,30,31). The molecule has 174 valence electrons. The van der Waals surface area contributed by atoms with Gasteiger partial charge in [-0.15, -0.1) is 0 Å². The number of rotatable bonds is 7. The van der Waals surface area contributed by atoms with Gasteiger partial charge in [0.1, 0.15) is 0 Å². The molecule has 1 heterocycles. The van der Waals surface area contributed by atoms with Gasteiger partial charge in [0, 0.05) is 24.3 Å². The number of carbonyl (C=O) groups is 1. The maximum absolute atomic E-state index is 12.6. The Bertz CT molecular complexity index is 1590. The van der Waals surface area contributed by atoms with Crippen molar-refractivity contribution in [1.82, 2.24) is 9.55 Å². The number of H-pyrrole nitrogens is 1. The first-order chi connectivity index (χ1) is 16.2. The summed E-state index contributed by atoms with van der Waals surface area (Å²) in [5.74, 6) is -0.338. The lowest BCUT2D eigenvalue weighted by atomic mass is 10.2. The van der Waals surface area contributed by atoms with E-state index < -0.39 is 21.3 Å². The Balaban J connectivity index is 1.41. The van der Waals surface area contributed by atoms with Crippen LogP contribution >= 0.6 is 0 Å². The van der Waals surface area contributed by atoms with Gasteiger partial charge in [-0.2, -0.15) is 0 Å². The van der Waals surface area contributed by atoms with Gasteiger partial charge in [0.15, 0.2) is 0 Å². The van der Waals surface area contributed by atoms with Gasteiger partial charge in [0.05, 0.1) is 15.8 Å². The summed E-state index contributed by atoms with van der Waals surface area (Å²) in [5, 5.41) is 3.09. The number of fused-ring (bicyclic) bond motifs is 1. The van der Waals surface area contributed by atoms with Gasteiger partial charge in [0.25, 0.3) is 15.6 Å². The minimum Gasteiger partial charge on any atom is -0.326 e. The summed E-state index contributed by atoms with van der Waals surface area (Å²) in [4.78, 5) is 39.0. The van der Waals surface area contributed by atoms with Crippen LogP contribution in [0.25, 0.3) is 10.9 Å². The highest BCUT2D eigenvalue weighted by molar-refractivity contribution is 7.92. The third-order valence-corrected chi connectivity index (χ3v) is 6.81. The monoisotopic (exact) mass is 478 g/mol. The van der Waals surface area contributed by atoms with Crippen molar-refractivity contribution in [3.05, 3.63) is 99.2 Å². The second kappa shape index (κ2) is 9.36. The highest BCUT2D eigenvalue weighted by Crippen LogP contribution is 2.20. The molecule has 4 rings (SSSR count). The maximum atomic E-state index is 12.6. The third-order valence-electron chi connectivity index (χ3n) is 5.27. The van der Waals surface area contributed by atoms with Gasteiger partial charge in [-0.1, -0.05) is 30.3 Å². The van der Waals surface area contributed by atoms with E-state index in [1.807, 2.05) is 0 Å². The van der Waals surface area contributed by atoms with Crippen LogP contribution in [0.5, 0.6) is 0 Å². The Labute approximate surface area is 195 Å². The molecule has 9 nitrogen and oxygen atoms in total. The third kappa shape index (κ3) is 4.91. The van der Waals surface area contributed by atoms with Gasteiger partial charge in [0.2, 0.25) is 5.91 Å². The molecular formula is C24H22N4O5S. The summed E-state index contributed by atoms with van der Waals surface area (Å²) in [5.41, 5.74) is 0.860. The number of anilines is 2. The molecule has 0 saturated carbocycles. The molecule has 0 unspecified atom stereocenters. The molecule has 10 heteroatoms. The first kappa shape index (κ1) is 23.0. The fourth-order valence-electron chi connectivity index (χ4n) is 3.59. The highest BCUT2D eigenvalue weighted by Gasteiger charge is 2.16. The molecule has 0 aliphatic rings. The van der Waals surface area contributed by atoms with Crippen molar-refractivity contribution in [2.75, 3.05) is 10.0 Å². The zero-order valence-corrected chi connectivity index (χ0v) is 19.1. The van der Waals surface area contributed by atoms with Crippen LogP contribution in [-0.4, -0.2) is 23.9 Å². The molecule has 0 fully saturated rings. The van der Waals surface area contributed by atoms with E-state index in [0.717, 1.165) is 0 Å². The number of aryl methyl sites for hydroxylation is 2. The fraction of sp³-hybridized carbons (Fsp3) is 0.125. The fourth-order valence-corrected chi connectivity index (χ4v) is 4.90. The van der Waals surface area contributed by atoms with E-state index in [9.17, 15) is 22.8 Å². The summed E-state index contributed by atoms with van der Waals surface area (Å²) in [6.45, 7) is 1.80. The molecule has 0 aliphatic heterocycles. The van der Waals surface area contributed by atoms with Gasteiger partial charge in [-0.25, -0.2) is 13.2 Å². The molecule has 0 saturated heterocycles. The van der Waals surface area contributed by atoms with Crippen molar-refractivity contribution in [2.45, 2.75) is 24.8 Å². The zero-order valence-electron chi connectivity index (χ0n) is 18.2. The lowest BCUT2D eigenvalue weighted by molar-refractivity contribution is -0.116. The molecule has 1 aromatic heterocycles. The van der Waals surface area contributed by atoms with Crippen molar-refractivity contribution in [2.24, 2.45) is 0 Å². The highest BCUT2D eigenvalue weighted by atomic mass is 32.2. The first-order valence-corrected chi connectivity index (χ1v) is 11.9. The summed E-state index contributed by atoms with van der Waals surface area (Å²) in [7, 11) is -3.74. The van der Waals surface area contributed by atoms with Crippen molar-refractivity contribution in [3.8, 4) is 0 Å². The Morgan fingerprint density at radius 3 is 2.29 bits per heavy atom. The van der Waals surface area contributed by atoms with Crippen molar-refractivity contribution < 1.29 is 13.2 Å². The Morgan fingerprint density at radius 1 is 0.912 bits per heavy atom. The second-order valence-corrected chi connectivity index (χ2v) is 9.33. The van der Waals surface area contributed by atoms with Crippen LogP contribution in [-0.2, 0) is 21.4 Å². The molecule has 1 amide bonds. The second-order valence-electron chi connectivity index (χ2n) is 7.67. The first-order valence-electron chi connectivity index (χ1n) is 10.4. The summed E-state index contributed by atoms with van der Waals surface area (Å²) < 4.78 is 29.1. The number of para-hydroxylation sites is 1. The normalized spacial score (nSPS) is 11.3. The van der Waals surface area contributed by atoms with Crippen LogP contribution in [0.15, 0.2) is 87.3 Å². The van der Waals surface area contributed by atoms with E-state index in [1.165, 1.54) is 10.6 Å². The Kier molecular flexibility index (Phi) is 6.33. The molecular weight excluding hydrogens is 456 g/mol. The van der Waals surface area contributed by atoms with Gasteiger partial charge in [-0.05, 0) is 55.0 Å². The number of nitrogens with one attached hydrogen (secondary N) is 3. The number of benzene rings is 3. The summed E-state index contributed by atoms with van der Waals surface area (Å²) in [6, 6.07) is 19.6. The van der Waals surface area contributed by atoms with Crippen LogP contribution in [0.4, 0.5) is 11.4 Å². The molecule has 0 radical (unpaired) electrons. The van der Waals surface area contributed by atoms with Crippen molar-refractivity contribution in [1.29, 1.82) is 0 Å². The average Bonchev–Trinajstić information content (AvgIpc) is 2.80. The number of carbonyl (C=O) groups excluding carboxylic acids is 1. The molecule has 34 heavy (non-hydrogen) atoms. The van der Waals surface area contributed by atoms with E-state index >= 15 is 0 Å². The number of hydrogen-bond acceptors (Lipinski definition) is 5. The summed E-state index contributed by atoms with van der Waals surface area (Å²) >= 11 is 0. The van der Waals surface area contributed by atoms with Gasteiger partial charge < -0.3 is 5.32 Å². The number of aromatic nitrogens is 2. The molecule has 0 spiro atoms. The van der Waals surface area contributed by atoms with E-state index in [0.29, 0.717) is 27.8 Å². The van der Waals surface area contributed by atoms with Crippen molar-refractivity contribution >= 4 is 38.2 Å². The number of aromatic amines is 1. The van der Waals surface area contributed by atoms with Gasteiger partial charge in [-0.3, -0.25) is 23.9 Å². The van der Waals surface area contributed by atoms with E-state index in [2.05, 4.69) is 15.0 Å². The predicted molar refractivity (Wildman–Crippen MR) is 131 cm³/mol. The van der Waals surface area contributed by atoms with E-state index in [1.54, 1.807) is 73.7 Å². The molecule has 3 aromatic carbocycles. The minimum absolute atomic E-state index is 0.00237. The van der Waals surface area contributed by atoms with Crippen LogP contribution < -0.4 is 21.3 Å². The number of amides is 1.